The number of hydrogen-bond acceptors (Lipinski definition) is 6. The SMILES string of the molecule is CC(NC(=O)OCc1ccc(C2CC2)nn1)c1ncccn1. The van der Waals surface area contributed by atoms with E-state index in [1.165, 1.54) is 12.8 Å². The molecule has 2 aromatic heterocycles. The van der Waals surface area contributed by atoms with E-state index >= 15 is 0 Å². The van der Waals surface area contributed by atoms with Crippen molar-refractivity contribution in [1.29, 1.82) is 0 Å². The summed E-state index contributed by atoms with van der Waals surface area (Å²) in [7, 11) is 0. The molecule has 0 bridgehead atoms. The summed E-state index contributed by atoms with van der Waals surface area (Å²) in [4.78, 5) is 19.9. The quantitative estimate of drug-likeness (QED) is 0.909. The highest BCUT2D eigenvalue weighted by molar-refractivity contribution is 5.67. The van der Waals surface area contributed by atoms with Crippen LogP contribution in [0.4, 0.5) is 4.79 Å². The average molecular weight is 299 g/mol. The first-order chi connectivity index (χ1) is 10.7. The third-order valence-corrected chi connectivity index (χ3v) is 3.39. The van der Waals surface area contributed by atoms with Crippen LogP contribution in [-0.2, 0) is 11.3 Å². The van der Waals surface area contributed by atoms with Crippen LogP contribution in [0.15, 0.2) is 30.6 Å². The zero-order valence-corrected chi connectivity index (χ0v) is 12.3. The number of amides is 1. The van der Waals surface area contributed by atoms with E-state index in [9.17, 15) is 4.79 Å². The van der Waals surface area contributed by atoms with Crippen molar-refractivity contribution >= 4 is 6.09 Å². The zero-order chi connectivity index (χ0) is 15.4. The number of hydrogen-bond donors (Lipinski definition) is 1. The van der Waals surface area contributed by atoms with Crippen molar-refractivity contribution in [3.63, 3.8) is 0 Å². The van der Waals surface area contributed by atoms with Gasteiger partial charge in [0.25, 0.3) is 0 Å². The Hall–Kier alpha value is -2.57. The lowest BCUT2D eigenvalue weighted by molar-refractivity contribution is 0.134. The molecule has 1 aliphatic rings. The molecule has 0 aromatic carbocycles. The van der Waals surface area contributed by atoms with Crippen LogP contribution in [-0.4, -0.2) is 26.3 Å². The minimum absolute atomic E-state index is 0.0894. The van der Waals surface area contributed by atoms with Crippen molar-refractivity contribution in [1.82, 2.24) is 25.5 Å². The number of ether oxygens (including phenoxy) is 1. The number of aromatic nitrogens is 4. The summed E-state index contributed by atoms with van der Waals surface area (Å²) in [6.07, 6.45) is 5.10. The maximum atomic E-state index is 11.7. The van der Waals surface area contributed by atoms with Gasteiger partial charge in [-0.25, -0.2) is 14.8 Å². The molecule has 1 saturated carbocycles. The molecular formula is C15H17N5O2. The maximum Gasteiger partial charge on any atom is 0.408 e. The van der Waals surface area contributed by atoms with Gasteiger partial charge in [-0.2, -0.15) is 10.2 Å². The highest BCUT2D eigenvalue weighted by atomic mass is 16.5. The van der Waals surface area contributed by atoms with E-state index in [1.807, 2.05) is 12.1 Å². The summed E-state index contributed by atoms with van der Waals surface area (Å²) < 4.78 is 5.13. The first kappa shape index (κ1) is 14.4. The predicted molar refractivity (Wildman–Crippen MR) is 77.8 cm³/mol. The third kappa shape index (κ3) is 3.75. The Labute approximate surface area is 128 Å². The van der Waals surface area contributed by atoms with Gasteiger partial charge in [-0.1, -0.05) is 0 Å². The number of nitrogens with one attached hydrogen (secondary N) is 1. The largest absolute Gasteiger partial charge is 0.443 e. The van der Waals surface area contributed by atoms with Gasteiger partial charge in [0.15, 0.2) is 0 Å². The van der Waals surface area contributed by atoms with Crippen LogP contribution in [0.3, 0.4) is 0 Å². The Kier molecular flexibility index (Phi) is 4.22. The van der Waals surface area contributed by atoms with Crippen molar-refractivity contribution in [2.75, 3.05) is 0 Å². The molecule has 7 heteroatoms. The summed E-state index contributed by atoms with van der Waals surface area (Å²) >= 11 is 0. The summed E-state index contributed by atoms with van der Waals surface area (Å²) in [6, 6.07) is 5.19. The lowest BCUT2D eigenvalue weighted by atomic mass is 10.2. The summed E-state index contributed by atoms with van der Waals surface area (Å²) in [5.41, 5.74) is 1.64. The van der Waals surface area contributed by atoms with E-state index in [2.05, 4.69) is 25.5 Å². The van der Waals surface area contributed by atoms with E-state index in [0.29, 0.717) is 17.4 Å². The molecule has 22 heavy (non-hydrogen) atoms. The summed E-state index contributed by atoms with van der Waals surface area (Å²) in [5.74, 6) is 1.10. The minimum atomic E-state index is -0.534. The van der Waals surface area contributed by atoms with Gasteiger partial charge >= 0.3 is 6.09 Å². The molecule has 1 unspecified atom stereocenters. The molecule has 3 rings (SSSR count). The Morgan fingerprint density at radius 1 is 1.32 bits per heavy atom. The van der Waals surface area contributed by atoms with Crippen LogP contribution in [0.2, 0.25) is 0 Å². The zero-order valence-electron chi connectivity index (χ0n) is 12.3. The highest BCUT2D eigenvalue weighted by Gasteiger charge is 2.25. The second-order valence-electron chi connectivity index (χ2n) is 5.27. The molecular weight excluding hydrogens is 282 g/mol. The molecule has 0 radical (unpaired) electrons. The van der Waals surface area contributed by atoms with Crippen molar-refractivity contribution in [2.24, 2.45) is 0 Å². The first-order valence-electron chi connectivity index (χ1n) is 7.25. The molecule has 2 aromatic rings. The fourth-order valence-electron chi connectivity index (χ4n) is 2.00. The normalized spacial score (nSPS) is 15.1. The number of carbonyl (C=O) groups is 1. The van der Waals surface area contributed by atoms with Gasteiger partial charge in [0, 0.05) is 18.3 Å². The van der Waals surface area contributed by atoms with E-state index in [4.69, 9.17) is 4.74 Å². The van der Waals surface area contributed by atoms with E-state index in [0.717, 1.165) is 5.69 Å². The highest BCUT2D eigenvalue weighted by Crippen LogP contribution is 2.38. The lowest BCUT2D eigenvalue weighted by Crippen LogP contribution is -2.28. The van der Waals surface area contributed by atoms with Crippen molar-refractivity contribution in [3.8, 4) is 0 Å². The van der Waals surface area contributed by atoms with Crippen LogP contribution in [0.1, 0.15) is 48.9 Å². The van der Waals surface area contributed by atoms with Crippen LogP contribution in [0.25, 0.3) is 0 Å². The maximum absolute atomic E-state index is 11.7. The monoisotopic (exact) mass is 299 g/mol. The minimum Gasteiger partial charge on any atom is -0.443 e. The van der Waals surface area contributed by atoms with Crippen molar-refractivity contribution in [2.45, 2.75) is 38.3 Å². The van der Waals surface area contributed by atoms with Crippen LogP contribution >= 0.6 is 0 Å². The Bertz CT molecular complexity index is 628. The molecule has 1 atom stereocenters. The topological polar surface area (TPSA) is 89.9 Å². The molecule has 0 aliphatic heterocycles. The fraction of sp³-hybridized carbons (Fsp3) is 0.400. The van der Waals surface area contributed by atoms with Crippen LogP contribution in [0, 0.1) is 0 Å². The number of carbonyl (C=O) groups excluding carboxylic acids is 1. The smallest absolute Gasteiger partial charge is 0.408 e. The molecule has 1 aliphatic carbocycles. The fourth-order valence-corrected chi connectivity index (χ4v) is 2.00. The third-order valence-electron chi connectivity index (χ3n) is 3.39. The second kappa shape index (κ2) is 6.46. The predicted octanol–water partition coefficient (Wildman–Crippen LogP) is 2.13. The molecule has 2 heterocycles. The molecule has 0 saturated heterocycles. The van der Waals surface area contributed by atoms with Crippen LogP contribution in [0.5, 0.6) is 0 Å². The van der Waals surface area contributed by atoms with E-state index < -0.39 is 6.09 Å². The molecule has 1 fully saturated rings. The first-order valence-corrected chi connectivity index (χ1v) is 7.25. The molecule has 114 valence electrons. The van der Waals surface area contributed by atoms with E-state index in [-0.39, 0.29) is 12.6 Å². The van der Waals surface area contributed by atoms with Crippen LogP contribution < -0.4 is 5.32 Å². The van der Waals surface area contributed by atoms with Gasteiger partial charge in [-0.15, -0.1) is 0 Å². The van der Waals surface area contributed by atoms with Gasteiger partial charge in [0.2, 0.25) is 0 Å². The molecule has 7 nitrogen and oxygen atoms in total. The summed E-state index contributed by atoms with van der Waals surface area (Å²) in [6.45, 7) is 1.88. The van der Waals surface area contributed by atoms with Crippen molar-refractivity contribution < 1.29 is 9.53 Å². The van der Waals surface area contributed by atoms with Crippen molar-refractivity contribution in [3.05, 3.63) is 47.8 Å². The second-order valence-corrected chi connectivity index (χ2v) is 5.27. The van der Waals surface area contributed by atoms with Gasteiger partial charge in [0.05, 0.1) is 11.7 Å². The lowest BCUT2D eigenvalue weighted by Gasteiger charge is -2.12. The molecule has 1 amide bonds. The standard InChI is InChI=1S/C15H17N5O2/c1-10(14-16-7-2-8-17-14)18-15(21)22-9-12-5-6-13(20-19-12)11-3-4-11/h2,5-8,10-11H,3-4,9H2,1H3,(H,18,21). The Morgan fingerprint density at radius 2 is 2.09 bits per heavy atom. The van der Waals surface area contributed by atoms with E-state index in [1.54, 1.807) is 25.4 Å². The number of alkyl carbamates (subject to hydrolysis) is 1. The van der Waals surface area contributed by atoms with Gasteiger partial charge in [-0.05, 0) is 38.0 Å². The molecule has 1 N–H and O–H groups in total. The Balaban J connectivity index is 1.47. The molecule has 0 spiro atoms. The number of rotatable bonds is 5. The van der Waals surface area contributed by atoms with Gasteiger partial charge in [0.1, 0.15) is 18.1 Å². The van der Waals surface area contributed by atoms with Gasteiger partial charge in [-0.3, -0.25) is 0 Å². The Morgan fingerprint density at radius 3 is 2.73 bits per heavy atom. The summed E-state index contributed by atoms with van der Waals surface area (Å²) in [5, 5.41) is 10.9. The number of nitrogens with zero attached hydrogens (tertiary/aromatic N) is 4. The average Bonchev–Trinajstić information content (AvgIpc) is 3.39. The van der Waals surface area contributed by atoms with Gasteiger partial charge < -0.3 is 10.1 Å².